The maximum absolute atomic E-state index is 12.7. The minimum Gasteiger partial charge on any atom is -0.497 e. The first-order valence-corrected chi connectivity index (χ1v) is 11.1. The highest BCUT2D eigenvalue weighted by molar-refractivity contribution is 5.79. The van der Waals surface area contributed by atoms with Gasteiger partial charge in [0.2, 0.25) is 5.91 Å². The third-order valence-corrected chi connectivity index (χ3v) is 5.80. The Morgan fingerprint density at radius 2 is 1.66 bits per heavy atom. The highest BCUT2D eigenvalue weighted by atomic mass is 16.5. The molecule has 166 valence electrons. The Labute approximate surface area is 189 Å². The summed E-state index contributed by atoms with van der Waals surface area (Å²) in [5, 5.41) is 3.42. The largest absolute Gasteiger partial charge is 0.497 e. The zero-order valence-corrected chi connectivity index (χ0v) is 18.5. The lowest BCUT2D eigenvalue weighted by Crippen LogP contribution is -2.48. The van der Waals surface area contributed by atoms with Gasteiger partial charge >= 0.3 is 0 Å². The topological polar surface area (TPSA) is 57.7 Å². The number of carbonyl (C=O) groups excluding carboxylic acids is 1. The fourth-order valence-electron chi connectivity index (χ4n) is 3.85. The molecule has 1 fully saturated rings. The van der Waals surface area contributed by atoms with Crippen molar-refractivity contribution >= 4 is 11.6 Å². The van der Waals surface area contributed by atoms with Gasteiger partial charge in [-0.15, -0.1) is 0 Å². The molecule has 1 aliphatic rings. The lowest BCUT2D eigenvalue weighted by atomic mass is 10.1. The summed E-state index contributed by atoms with van der Waals surface area (Å²) in [6, 6.07) is 22.2. The van der Waals surface area contributed by atoms with Crippen LogP contribution in [0.5, 0.6) is 5.75 Å². The third kappa shape index (κ3) is 6.08. The Bertz CT molecular complexity index is 983. The van der Waals surface area contributed by atoms with Crippen LogP contribution in [0.15, 0.2) is 72.9 Å². The van der Waals surface area contributed by atoms with Gasteiger partial charge < -0.3 is 15.0 Å². The lowest BCUT2D eigenvalue weighted by molar-refractivity contribution is -0.132. The van der Waals surface area contributed by atoms with Crippen LogP contribution >= 0.6 is 0 Å². The van der Waals surface area contributed by atoms with E-state index < -0.39 is 0 Å². The molecule has 0 saturated carbocycles. The molecule has 1 saturated heterocycles. The molecule has 0 aliphatic carbocycles. The van der Waals surface area contributed by atoms with Crippen LogP contribution in [0.1, 0.15) is 16.8 Å². The Hall–Kier alpha value is -3.38. The van der Waals surface area contributed by atoms with Crippen LogP contribution in [0, 0.1) is 0 Å². The smallest absolute Gasteiger partial charge is 0.227 e. The van der Waals surface area contributed by atoms with Gasteiger partial charge in [-0.25, -0.2) is 0 Å². The van der Waals surface area contributed by atoms with E-state index in [1.54, 1.807) is 7.11 Å². The van der Waals surface area contributed by atoms with Crippen molar-refractivity contribution in [3.8, 4) is 5.75 Å². The zero-order chi connectivity index (χ0) is 22.2. The summed E-state index contributed by atoms with van der Waals surface area (Å²) in [4.78, 5) is 21.5. The molecule has 1 amide bonds. The zero-order valence-electron chi connectivity index (χ0n) is 18.5. The molecule has 1 aromatic heterocycles. The average Bonchev–Trinajstić information content (AvgIpc) is 2.85. The average molecular weight is 431 g/mol. The number of anilines is 1. The molecule has 2 heterocycles. The van der Waals surface area contributed by atoms with Crippen molar-refractivity contribution in [1.82, 2.24) is 14.8 Å². The molecule has 6 heteroatoms. The number of piperazine rings is 1. The number of hydrogen-bond acceptors (Lipinski definition) is 5. The van der Waals surface area contributed by atoms with E-state index in [4.69, 9.17) is 4.74 Å². The first-order valence-electron chi connectivity index (χ1n) is 11.1. The maximum atomic E-state index is 12.7. The van der Waals surface area contributed by atoms with Gasteiger partial charge in [0.1, 0.15) is 5.75 Å². The predicted octanol–water partition coefficient (Wildman–Crippen LogP) is 3.59. The molecule has 32 heavy (non-hydrogen) atoms. The molecule has 0 atom stereocenters. The van der Waals surface area contributed by atoms with Crippen molar-refractivity contribution in [1.29, 1.82) is 0 Å². The molecule has 6 nitrogen and oxygen atoms in total. The minimum atomic E-state index is 0.196. The van der Waals surface area contributed by atoms with Crippen LogP contribution in [0.2, 0.25) is 0 Å². The van der Waals surface area contributed by atoms with Gasteiger partial charge in [0.15, 0.2) is 0 Å². The summed E-state index contributed by atoms with van der Waals surface area (Å²) in [6.07, 6.45) is 2.27. The number of carbonyl (C=O) groups is 1. The summed E-state index contributed by atoms with van der Waals surface area (Å²) < 4.78 is 5.19. The van der Waals surface area contributed by atoms with E-state index in [9.17, 15) is 4.79 Å². The Morgan fingerprint density at radius 3 is 2.31 bits per heavy atom. The van der Waals surface area contributed by atoms with Gasteiger partial charge in [-0.3, -0.25) is 14.7 Å². The highest BCUT2D eigenvalue weighted by Gasteiger charge is 2.21. The lowest BCUT2D eigenvalue weighted by Gasteiger charge is -2.34. The first-order chi connectivity index (χ1) is 15.7. The van der Waals surface area contributed by atoms with Gasteiger partial charge in [0.25, 0.3) is 0 Å². The van der Waals surface area contributed by atoms with Crippen molar-refractivity contribution in [2.24, 2.45) is 0 Å². The first kappa shape index (κ1) is 21.8. The van der Waals surface area contributed by atoms with Crippen molar-refractivity contribution in [2.75, 3.05) is 38.6 Å². The summed E-state index contributed by atoms with van der Waals surface area (Å²) in [7, 11) is 1.67. The van der Waals surface area contributed by atoms with Crippen LogP contribution in [0.3, 0.4) is 0 Å². The molecular formula is C26H30N4O2. The molecule has 3 aromatic rings. The van der Waals surface area contributed by atoms with Gasteiger partial charge in [-0.2, -0.15) is 0 Å². The van der Waals surface area contributed by atoms with Crippen molar-refractivity contribution in [2.45, 2.75) is 19.5 Å². The van der Waals surface area contributed by atoms with Gasteiger partial charge in [-0.05, 0) is 47.5 Å². The minimum absolute atomic E-state index is 0.196. The molecule has 1 aliphatic heterocycles. The molecule has 0 unspecified atom stereocenters. The van der Waals surface area contributed by atoms with E-state index in [1.807, 2.05) is 65.7 Å². The van der Waals surface area contributed by atoms with E-state index in [2.05, 4.69) is 27.3 Å². The number of nitrogens with one attached hydrogen (secondary N) is 1. The molecule has 2 aromatic carbocycles. The second kappa shape index (κ2) is 10.8. The number of methoxy groups -OCH3 is 1. The van der Waals surface area contributed by atoms with Crippen LogP contribution < -0.4 is 10.1 Å². The van der Waals surface area contributed by atoms with E-state index in [0.717, 1.165) is 62.0 Å². The molecule has 1 N–H and O–H groups in total. The molecule has 0 radical (unpaired) electrons. The maximum Gasteiger partial charge on any atom is 0.227 e. The molecule has 4 rings (SSSR count). The molecule has 0 bridgehead atoms. The number of pyridine rings is 1. The number of ether oxygens (including phenoxy) is 1. The van der Waals surface area contributed by atoms with E-state index in [1.165, 1.54) is 5.56 Å². The number of benzene rings is 2. The Kier molecular flexibility index (Phi) is 7.35. The summed E-state index contributed by atoms with van der Waals surface area (Å²) in [5.41, 5.74) is 4.35. The van der Waals surface area contributed by atoms with Crippen molar-refractivity contribution in [3.05, 3.63) is 89.7 Å². The second-order valence-corrected chi connectivity index (χ2v) is 8.05. The van der Waals surface area contributed by atoms with E-state index >= 15 is 0 Å². The number of nitrogens with zero attached hydrogens (tertiary/aromatic N) is 3. The SMILES string of the molecule is COc1ccc(CNc2ccc(CC(=O)N3CCN(Cc4ccccn4)CC3)cc2)cc1. The summed E-state index contributed by atoms with van der Waals surface area (Å²) >= 11 is 0. The normalized spacial score (nSPS) is 14.2. The molecular weight excluding hydrogens is 400 g/mol. The number of amides is 1. The fraction of sp³-hybridized carbons (Fsp3) is 0.308. The standard InChI is InChI=1S/C26H30N4O2/c1-32-25-11-7-22(8-12-25)19-28-23-9-5-21(6-10-23)18-26(31)30-16-14-29(15-17-30)20-24-4-2-3-13-27-24/h2-13,28H,14-20H2,1H3. The monoisotopic (exact) mass is 430 g/mol. The van der Waals surface area contributed by atoms with Gasteiger partial charge in [0.05, 0.1) is 19.2 Å². The van der Waals surface area contributed by atoms with E-state index in [-0.39, 0.29) is 5.91 Å². The number of hydrogen-bond donors (Lipinski definition) is 1. The van der Waals surface area contributed by atoms with Crippen molar-refractivity contribution < 1.29 is 9.53 Å². The highest BCUT2D eigenvalue weighted by Crippen LogP contribution is 2.15. The Morgan fingerprint density at radius 1 is 0.938 bits per heavy atom. The number of rotatable bonds is 8. The van der Waals surface area contributed by atoms with E-state index in [0.29, 0.717) is 6.42 Å². The van der Waals surface area contributed by atoms with Gasteiger partial charge in [0, 0.05) is 51.2 Å². The third-order valence-electron chi connectivity index (χ3n) is 5.80. The van der Waals surface area contributed by atoms with Crippen LogP contribution in [-0.2, 0) is 24.3 Å². The van der Waals surface area contributed by atoms with Crippen LogP contribution in [0.25, 0.3) is 0 Å². The van der Waals surface area contributed by atoms with Crippen LogP contribution in [0.4, 0.5) is 5.69 Å². The van der Waals surface area contributed by atoms with Gasteiger partial charge in [-0.1, -0.05) is 30.3 Å². The molecule has 0 spiro atoms. The predicted molar refractivity (Wildman–Crippen MR) is 127 cm³/mol. The second-order valence-electron chi connectivity index (χ2n) is 8.05. The fourth-order valence-corrected chi connectivity index (χ4v) is 3.85. The summed E-state index contributed by atoms with van der Waals surface area (Å²) in [5.74, 6) is 1.05. The van der Waals surface area contributed by atoms with Crippen LogP contribution in [-0.4, -0.2) is 54.0 Å². The summed E-state index contributed by atoms with van der Waals surface area (Å²) in [6.45, 7) is 4.90. The number of aromatic nitrogens is 1. The quantitative estimate of drug-likeness (QED) is 0.592. The Balaban J connectivity index is 1.21. The van der Waals surface area contributed by atoms with Crippen molar-refractivity contribution in [3.63, 3.8) is 0 Å².